The molecule has 0 spiro atoms. The zero-order valence-corrected chi connectivity index (χ0v) is 13.1. The van der Waals surface area contributed by atoms with Crippen LogP contribution in [-0.4, -0.2) is 19.9 Å². The molecule has 1 aromatic heterocycles. The number of nitrogens with one attached hydrogen (secondary N) is 2. The van der Waals surface area contributed by atoms with Gasteiger partial charge in [-0.2, -0.15) is 0 Å². The zero-order chi connectivity index (χ0) is 15.3. The van der Waals surface area contributed by atoms with E-state index in [1.807, 2.05) is 6.92 Å². The molecule has 0 aliphatic heterocycles. The Balaban J connectivity index is 2.23. The summed E-state index contributed by atoms with van der Waals surface area (Å²) in [5.74, 6) is -0.576. The van der Waals surface area contributed by atoms with Gasteiger partial charge in [0.1, 0.15) is 5.82 Å². The average Bonchev–Trinajstić information content (AvgIpc) is 2.97. The van der Waals surface area contributed by atoms with Crippen molar-refractivity contribution in [3.63, 3.8) is 0 Å². The Morgan fingerprint density at radius 3 is 2.81 bits per heavy atom. The highest BCUT2D eigenvalue weighted by Gasteiger charge is 2.19. The van der Waals surface area contributed by atoms with Crippen molar-refractivity contribution in [2.24, 2.45) is 0 Å². The van der Waals surface area contributed by atoms with E-state index in [-0.39, 0.29) is 11.4 Å². The van der Waals surface area contributed by atoms with Gasteiger partial charge in [0.15, 0.2) is 0 Å². The van der Waals surface area contributed by atoms with Gasteiger partial charge in [0.25, 0.3) is 0 Å². The molecule has 5 nitrogen and oxygen atoms in total. The zero-order valence-electron chi connectivity index (χ0n) is 11.5. The summed E-state index contributed by atoms with van der Waals surface area (Å²) in [5.41, 5.74) is 2.16. The van der Waals surface area contributed by atoms with E-state index in [1.165, 1.54) is 23.5 Å². The molecule has 0 atom stereocenters. The monoisotopic (exact) mass is 329 g/mol. The van der Waals surface area contributed by atoms with Crippen LogP contribution in [0.3, 0.4) is 0 Å². The molecule has 0 saturated carbocycles. The quantitative estimate of drug-likeness (QED) is 0.813. The number of halogens is 1. The third kappa shape index (κ3) is 4.31. The molecule has 0 bridgehead atoms. The van der Waals surface area contributed by atoms with Crippen LogP contribution in [0.1, 0.15) is 17.4 Å². The molecule has 0 aliphatic rings. The van der Waals surface area contributed by atoms with Crippen molar-refractivity contribution >= 4 is 21.4 Å². The van der Waals surface area contributed by atoms with E-state index in [2.05, 4.69) is 15.0 Å². The van der Waals surface area contributed by atoms with Crippen LogP contribution in [0.5, 0.6) is 0 Å². The maximum Gasteiger partial charge on any atom is 0.241 e. The minimum Gasteiger partial charge on any atom is -0.313 e. The highest BCUT2D eigenvalue weighted by atomic mass is 32.2. The van der Waals surface area contributed by atoms with E-state index >= 15 is 0 Å². The topological polar surface area (TPSA) is 71.1 Å². The summed E-state index contributed by atoms with van der Waals surface area (Å²) in [6.07, 6.45) is 1.60. The smallest absolute Gasteiger partial charge is 0.241 e. The van der Waals surface area contributed by atoms with Gasteiger partial charge in [0, 0.05) is 24.2 Å². The van der Waals surface area contributed by atoms with Crippen LogP contribution in [0.2, 0.25) is 0 Å². The van der Waals surface area contributed by atoms with Crippen molar-refractivity contribution in [1.82, 2.24) is 15.0 Å². The molecule has 0 radical (unpaired) electrons. The molecule has 114 valence electrons. The van der Waals surface area contributed by atoms with Gasteiger partial charge in [-0.05, 0) is 24.2 Å². The number of hydrogen-bond acceptors (Lipinski definition) is 5. The number of nitrogens with zero attached hydrogens (tertiary/aromatic N) is 1. The second-order valence-corrected chi connectivity index (χ2v) is 7.03. The third-order valence-corrected chi connectivity index (χ3v) is 5.07. The highest BCUT2D eigenvalue weighted by Crippen LogP contribution is 2.18. The first kappa shape index (κ1) is 16.0. The second kappa shape index (κ2) is 7.08. The Hall–Kier alpha value is -1.35. The molecule has 21 heavy (non-hydrogen) atoms. The Kier molecular flexibility index (Phi) is 5.40. The van der Waals surface area contributed by atoms with Crippen LogP contribution < -0.4 is 10.0 Å². The van der Waals surface area contributed by atoms with Crippen LogP contribution in [0, 0.1) is 5.82 Å². The minimum atomic E-state index is -3.77. The summed E-state index contributed by atoms with van der Waals surface area (Å²) in [6.45, 7) is 3.13. The van der Waals surface area contributed by atoms with Gasteiger partial charge in [-0.25, -0.2) is 17.5 Å². The Labute approximate surface area is 127 Å². The molecule has 2 rings (SSSR count). The summed E-state index contributed by atoms with van der Waals surface area (Å²) < 4.78 is 40.5. The first-order valence-corrected chi connectivity index (χ1v) is 8.75. The van der Waals surface area contributed by atoms with Crippen molar-refractivity contribution in [1.29, 1.82) is 0 Å². The number of aromatic nitrogens is 1. The van der Waals surface area contributed by atoms with E-state index in [4.69, 9.17) is 0 Å². The molecule has 1 aromatic carbocycles. The SMILES string of the molecule is CCNCc1ccc(F)cc1S(=O)(=O)NCc1cncs1. The van der Waals surface area contributed by atoms with Crippen molar-refractivity contribution in [2.45, 2.75) is 24.9 Å². The summed E-state index contributed by atoms with van der Waals surface area (Å²) in [6, 6.07) is 3.79. The lowest BCUT2D eigenvalue weighted by Gasteiger charge is -2.11. The first-order valence-electron chi connectivity index (χ1n) is 6.39. The van der Waals surface area contributed by atoms with Crippen molar-refractivity contribution < 1.29 is 12.8 Å². The van der Waals surface area contributed by atoms with Gasteiger partial charge in [-0.1, -0.05) is 13.0 Å². The molecule has 0 aliphatic carbocycles. The first-order chi connectivity index (χ1) is 10.0. The van der Waals surface area contributed by atoms with Crippen LogP contribution in [0.15, 0.2) is 34.8 Å². The fraction of sp³-hybridized carbons (Fsp3) is 0.308. The van der Waals surface area contributed by atoms with Crippen LogP contribution in [0.25, 0.3) is 0 Å². The fourth-order valence-corrected chi connectivity index (χ4v) is 3.64. The molecule has 0 fully saturated rings. The van der Waals surface area contributed by atoms with Gasteiger partial charge in [0.05, 0.1) is 10.4 Å². The standard InChI is InChI=1S/C13H16FN3O2S2/c1-2-15-6-10-3-4-11(14)5-13(10)21(18,19)17-8-12-7-16-9-20-12/h3-5,7,9,15,17H,2,6,8H2,1H3. The molecule has 8 heteroatoms. The number of sulfonamides is 1. The van der Waals surface area contributed by atoms with E-state index in [9.17, 15) is 12.8 Å². The van der Waals surface area contributed by atoms with Gasteiger partial charge < -0.3 is 5.32 Å². The second-order valence-electron chi connectivity index (χ2n) is 4.32. The Bertz CT molecular complexity index is 687. The highest BCUT2D eigenvalue weighted by molar-refractivity contribution is 7.89. The largest absolute Gasteiger partial charge is 0.313 e. The molecule has 2 aromatic rings. The lowest BCUT2D eigenvalue weighted by molar-refractivity contribution is 0.574. The molecule has 0 saturated heterocycles. The average molecular weight is 329 g/mol. The lowest BCUT2D eigenvalue weighted by Crippen LogP contribution is -2.25. The summed E-state index contributed by atoms with van der Waals surface area (Å²) >= 11 is 1.36. The molecule has 2 N–H and O–H groups in total. The predicted molar refractivity (Wildman–Crippen MR) is 79.9 cm³/mol. The van der Waals surface area contributed by atoms with Gasteiger partial charge >= 0.3 is 0 Å². The summed E-state index contributed by atoms with van der Waals surface area (Å²) in [4.78, 5) is 4.64. The van der Waals surface area contributed by atoms with Crippen molar-refractivity contribution in [2.75, 3.05) is 6.54 Å². The number of thiazole rings is 1. The molecule has 0 amide bonds. The molecule has 1 heterocycles. The summed E-state index contributed by atoms with van der Waals surface area (Å²) in [5, 5.41) is 3.04. The van der Waals surface area contributed by atoms with E-state index in [0.717, 1.165) is 10.9 Å². The number of rotatable bonds is 7. The maximum absolute atomic E-state index is 13.4. The maximum atomic E-state index is 13.4. The predicted octanol–water partition coefficient (Wildman–Crippen LogP) is 1.87. The Morgan fingerprint density at radius 1 is 1.33 bits per heavy atom. The molecular weight excluding hydrogens is 313 g/mol. The van der Waals surface area contributed by atoms with E-state index in [0.29, 0.717) is 18.7 Å². The van der Waals surface area contributed by atoms with Gasteiger partial charge in [-0.3, -0.25) is 4.98 Å². The third-order valence-electron chi connectivity index (χ3n) is 2.80. The summed E-state index contributed by atoms with van der Waals surface area (Å²) in [7, 11) is -3.77. The van der Waals surface area contributed by atoms with E-state index < -0.39 is 15.8 Å². The van der Waals surface area contributed by atoms with Crippen LogP contribution in [-0.2, 0) is 23.1 Å². The van der Waals surface area contributed by atoms with Crippen LogP contribution >= 0.6 is 11.3 Å². The minimum absolute atomic E-state index is 0.0343. The van der Waals surface area contributed by atoms with Gasteiger partial charge in [0.2, 0.25) is 10.0 Å². The Morgan fingerprint density at radius 2 is 2.14 bits per heavy atom. The molecule has 0 unspecified atom stereocenters. The fourth-order valence-electron chi connectivity index (χ4n) is 1.76. The van der Waals surface area contributed by atoms with Crippen LogP contribution in [0.4, 0.5) is 4.39 Å². The normalized spacial score (nSPS) is 11.7. The van der Waals surface area contributed by atoms with Crippen molar-refractivity contribution in [3.8, 4) is 0 Å². The number of hydrogen-bond donors (Lipinski definition) is 2. The molecular formula is C13H16FN3O2S2. The van der Waals surface area contributed by atoms with Gasteiger partial charge in [-0.15, -0.1) is 11.3 Å². The van der Waals surface area contributed by atoms with Crippen molar-refractivity contribution in [3.05, 3.63) is 46.2 Å². The van der Waals surface area contributed by atoms with E-state index in [1.54, 1.807) is 11.7 Å². The lowest BCUT2D eigenvalue weighted by atomic mass is 10.2. The number of benzene rings is 1.